The number of ether oxygens (including phenoxy) is 1. The van der Waals surface area contributed by atoms with Gasteiger partial charge in [0.25, 0.3) is 0 Å². The molecule has 0 bridgehead atoms. The van der Waals surface area contributed by atoms with Crippen molar-refractivity contribution >= 4 is 11.6 Å². The van der Waals surface area contributed by atoms with Crippen molar-refractivity contribution in [2.75, 3.05) is 19.1 Å². The SMILES string of the molecule is CCOc1ccc(C2c3cc(C(N)=O)ccc3NN2C)cc1. The number of carbonyl (C=O) groups excluding carboxylic acids is 1. The highest BCUT2D eigenvalue weighted by atomic mass is 16.5. The van der Waals surface area contributed by atoms with Crippen LogP contribution in [0.4, 0.5) is 5.69 Å². The van der Waals surface area contributed by atoms with Crippen LogP contribution in [0.5, 0.6) is 5.75 Å². The van der Waals surface area contributed by atoms with Gasteiger partial charge in [-0.1, -0.05) is 12.1 Å². The van der Waals surface area contributed by atoms with Crippen molar-refractivity contribution in [2.45, 2.75) is 13.0 Å². The standard InChI is InChI=1S/C17H19N3O2/c1-3-22-13-7-4-11(5-8-13)16-14-10-12(17(18)21)6-9-15(14)19-20(16)2/h4-10,16,19H,3H2,1-2H3,(H2,18,21). The lowest BCUT2D eigenvalue weighted by atomic mass is 9.96. The molecule has 5 nitrogen and oxygen atoms in total. The van der Waals surface area contributed by atoms with E-state index < -0.39 is 5.91 Å². The van der Waals surface area contributed by atoms with Crippen LogP contribution in [0.25, 0.3) is 0 Å². The first-order valence-corrected chi connectivity index (χ1v) is 7.26. The van der Waals surface area contributed by atoms with Crippen molar-refractivity contribution in [1.29, 1.82) is 0 Å². The van der Waals surface area contributed by atoms with Gasteiger partial charge < -0.3 is 15.9 Å². The van der Waals surface area contributed by atoms with Crippen LogP contribution >= 0.6 is 0 Å². The maximum Gasteiger partial charge on any atom is 0.248 e. The van der Waals surface area contributed by atoms with Gasteiger partial charge in [0.1, 0.15) is 5.75 Å². The Hall–Kier alpha value is -2.53. The summed E-state index contributed by atoms with van der Waals surface area (Å²) in [7, 11) is 1.98. The maximum absolute atomic E-state index is 11.4. The van der Waals surface area contributed by atoms with Crippen LogP contribution in [0.1, 0.15) is 34.5 Å². The smallest absolute Gasteiger partial charge is 0.248 e. The van der Waals surface area contributed by atoms with Gasteiger partial charge in [-0.2, -0.15) is 0 Å². The molecule has 3 N–H and O–H groups in total. The molecule has 1 atom stereocenters. The summed E-state index contributed by atoms with van der Waals surface area (Å²) in [6.45, 7) is 2.61. The average molecular weight is 297 g/mol. The summed E-state index contributed by atoms with van der Waals surface area (Å²) >= 11 is 0. The van der Waals surface area contributed by atoms with Gasteiger partial charge in [-0.3, -0.25) is 4.79 Å². The highest BCUT2D eigenvalue weighted by Gasteiger charge is 2.29. The predicted octanol–water partition coefficient (Wildman–Crippen LogP) is 2.55. The molecule has 5 heteroatoms. The van der Waals surface area contributed by atoms with E-state index in [9.17, 15) is 4.79 Å². The Morgan fingerprint density at radius 3 is 2.64 bits per heavy atom. The van der Waals surface area contributed by atoms with Crippen LogP contribution in [-0.2, 0) is 0 Å². The third kappa shape index (κ3) is 2.51. The van der Waals surface area contributed by atoms with Crippen molar-refractivity contribution in [1.82, 2.24) is 5.01 Å². The van der Waals surface area contributed by atoms with E-state index in [1.807, 2.05) is 55.4 Å². The van der Waals surface area contributed by atoms with E-state index in [2.05, 4.69) is 5.43 Å². The minimum atomic E-state index is -0.414. The Kier molecular flexibility index (Phi) is 3.73. The fourth-order valence-corrected chi connectivity index (χ4v) is 2.82. The number of benzene rings is 2. The molecule has 1 amide bonds. The summed E-state index contributed by atoms with van der Waals surface area (Å²) in [5.41, 5.74) is 12.4. The fourth-order valence-electron chi connectivity index (χ4n) is 2.82. The number of nitrogens with zero attached hydrogens (tertiary/aromatic N) is 1. The number of carbonyl (C=O) groups is 1. The lowest BCUT2D eigenvalue weighted by molar-refractivity contribution is 0.1000. The summed E-state index contributed by atoms with van der Waals surface area (Å²) in [5, 5.41) is 2.02. The number of hydrazine groups is 1. The van der Waals surface area contributed by atoms with Crippen molar-refractivity contribution in [3.8, 4) is 5.75 Å². The summed E-state index contributed by atoms with van der Waals surface area (Å²) in [6.07, 6.45) is 0. The van der Waals surface area contributed by atoms with Crippen molar-refractivity contribution in [2.24, 2.45) is 5.73 Å². The lowest BCUT2D eigenvalue weighted by Crippen LogP contribution is -2.23. The monoisotopic (exact) mass is 297 g/mol. The Morgan fingerprint density at radius 1 is 1.27 bits per heavy atom. The number of nitrogens with one attached hydrogen (secondary N) is 1. The molecule has 2 aromatic rings. The lowest BCUT2D eigenvalue weighted by Gasteiger charge is -2.20. The first kappa shape index (κ1) is 14.4. The number of amides is 1. The number of rotatable bonds is 4. The van der Waals surface area contributed by atoms with E-state index in [4.69, 9.17) is 10.5 Å². The molecule has 3 rings (SSSR count). The van der Waals surface area contributed by atoms with Crippen LogP contribution < -0.4 is 15.9 Å². The van der Waals surface area contributed by atoms with Gasteiger partial charge >= 0.3 is 0 Å². The second kappa shape index (κ2) is 5.69. The number of nitrogens with two attached hydrogens (primary N) is 1. The maximum atomic E-state index is 11.4. The summed E-state index contributed by atoms with van der Waals surface area (Å²) in [5.74, 6) is 0.439. The molecule has 0 saturated heterocycles. The van der Waals surface area contributed by atoms with Gasteiger partial charge in [-0.05, 0) is 42.8 Å². The van der Waals surface area contributed by atoms with Crippen LogP contribution in [0, 0.1) is 0 Å². The molecule has 0 aromatic heterocycles. The number of primary amides is 1. The normalized spacial score (nSPS) is 16.9. The van der Waals surface area contributed by atoms with Gasteiger partial charge in [-0.25, -0.2) is 5.01 Å². The number of hydrogen-bond acceptors (Lipinski definition) is 4. The van der Waals surface area contributed by atoms with Crippen molar-refractivity contribution in [3.63, 3.8) is 0 Å². The minimum absolute atomic E-state index is 0.0324. The fraction of sp³-hybridized carbons (Fsp3) is 0.235. The predicted molar refractivity (Wildman–Crippen MR) is 85.8 cm³/mol. The Bertz CT molecular complexity index is 698. The largest absolute Gasteiger partial charge is 0.494 e. The van der Waals surface area contributed by atoms with Crippen LogP contribution in [0.3, 0.4) is 0 Å². The van der Waals surface area contributed by atoms with E-state index >= 15 is 0 Å². The number of hydrogen-bond donors (Lipinski definition) is 2. The summed E-state index contributed by atoms with van der Waals surface area (Å²) < 4.78 is 5.48. The van der Waals surface area contributed by atoms with E-state index in [1.165, 1.54) is 0 Å². The molecule has 0 aliphatic carbocycles. The summed E-state index contributed by atoms with van der Waals surface area (Å²) in [6, 6.07) is 13.5. The molecule has 1 heterocycles. The molecular formula is C17H19N3O2. The first-order valence-electron chi connectivity index (χ1n) is 7.26. The second-order valence-corrected chi connectivity index (χ2v) is 5.29. The zero-order chi connectivity index (χ0) is 15.7. The van der Waals surface area contributed by atoms with Crippen molar-refractivity contribution in [3.05, 3.63) is 59.2 Å². The molecule has 0 radical (unpaired) electrons. The highest BCUT2D eigenvalue weighted by Crippen LogP contribution is 2.39. The summed E-state index contributed by atoms with van der Waals surface area (Å²) in [4.78, 5) is 11.4. The average Bonchev–Trinajstić information content (AvgIpc) is 2.83. The van der Waals surface area contributed by atoms with Crippen LogP contribution in [0.2, 0.25) is 0 Å². The molecule has 0 fully saturated rings. The first-order chi connectivity index (χ1) is 10.6. The molecule has 1 aliphatic rings. The van der Waals surface area contributed by atoms with Crippen LogP contribution in [0.15, 0.2) is 42.5 Å². The van der Waals surface area contributed by atoms with Crippen molar-refractivity contribution < 1.29 is 9.53 Å². The second-order valence-electron chi connectivity index (χ2n) is 5.29. The van der Waals surface area contributed by atoms with Gasteiger partial charge in [0, 0.05) is 18.2 Å². The molecule has 0 saturated carbocycles. The van der Waals surface area contributed by atoms with Gasteiger partial charge in [0.2, 0.25) is 5.91 Å². The molecule has 1 unspecified atom stereocenters. The highest BCUT2D eigenvalue weighted by molar-refractivity contribution is 5.93. The quantitative estimate of drug-likeness (QED) is 0.910. The zero-order valence-corrected chi connectivity index (χ0v) is 12.7. The van der Waals surface area contributed by atoms with E-state index in [-0.39, 0.29) is 6.04 Å². The van der Waals surface area contributed by atoms with Gasteiger partial charge in [0.05, 0.1) is 18.3 Å². The molecule has 2 aromatic carbocycles. The number of anilines is 1. The molecular weight excluding hydrogens is 278 g/mol. The Morgan fingerprint density at radius 2 is 2.00 bits per heavy atom. The van der Waals surface area contributed by atoms with Gasteiger partial charge in [0.15, 0.2) is 0 Å². The zero-order valence-electron chi connectivity index (χ0n) is 12.7. The van der Waals surface area contributed by atoms with E-state index in [0.717, 1.165) is 22.6 Å². The Labute approximate surface area is 129 Å². The van der Waals surface area contributed by atoms with Gasteiger partial charge in [-0.15, -0.1) is 0 Å². The minimum Gasteiger partial charge on any atom is -0.494 e. The van der Waals surface area contributed by atoms with Crippen LogP contribution in [-0.4, -0.2) is 24.6 Å². The molecule has 0 spiro atoms. The molecule has 114 valence electrons. The Balaban J connectivity index is 1.98. The third-order valence-corrected chi connectivity index (χ3v) is 3.82. The van der Waals surface area contributed by atoms with E-state index in [0.29, 0.717) is 12.2 Å². The number of fused-ring (bicyclic) bond motifs is 1. The molecule has 1 aliphatic heterocycles. The van der Waals surface area contributed by atoms with E-state index in [1.54, 1.807) is 6.07 Å². The third-order valence-electron chi connectivity index (χ3n) is 3.82. The topological polar surface area (TPSA) is 67.6 Å². The molecule has 22 heavy (non-hydrogen) atoms.